The van der Waals surface area contributed by atoms with Gasteiger partial charge < -0.3 is 18.0 Å². The molecule has 0 radical (unpaired) electrons. The van der Waals surface area contributed by atoms with Gasteiger partial charge in [-0.15, -0.1) is 0 Å². The highest BCUT2D eigenvalue weighted by molar-refractivity contribution is 6.61. The monoisotopic (exact) mass is 458 g/mol. The minimum atomic E-state index is -2.80. The number of rotatable bonds is 19. The molecule has 31 heavy (non-hydrogen) atoms. The fourth-order valence-electron chi connectivity index (χ4n) is 3.42. The van der Waals surface area contributed by atoms with Crippen LogP contribution in [0.4, 0.5) is 0 Å². The lowest BCUT2D eigenvalue weighted by Crippen LogP contribution is -2.54. The molecule has 4 unspecified atom stereocenters. The second-order valence-electron chi connectivity index (χ2n) is 9.06. The van der Waals surface area contributed by atoms with Crippen LogP contribution in [-0.4, -0.2) is 38.7 Å². The molecule has 0 bridgehead atoms. The van der Waals surface area contributed by atoms with Gasteiger partial charge in [0.15, 0.2) is 0 Å². The summed E-state index contributed by atoms with van der Waals surface area (Å²) in [5, 5.41) is 0. The van der Waals surface area contributed by atoms with Crippen LogP contribution in [0, 0.1) is 0 Å². The van der Waals surface area contributed by atoms with E-state index in [0.717, 1.165) is 63.8 Å². The molecule has 0 aromatic carbocycles. The molecule has 0 spiro atoms. The van der Waals surface area contributed by atoms with E-state index in [2.05, 4.69) is 55.0 Å². The first kappa shape index (κ1) is 30.3. The Hall–Kier alpha value is -0.693. The van der Waals surface area contributed by atoms with Gasteiger partial charge in [0.2, 0.25) is 0 Å². The van der Waals surface area contributed by atoms with Gasteiger partial charge in [-0.25, -0.2) is 4.79 Å². The average Bonchev–Trinajstić information content (AvgIpc) is 2.73. The molecule has 0 fully saturated rings. The van der Waals surface area contributed by atoms with Crippen LogP contribution in [0.2, 0.25) is 6.04 Å². The maximum atomic E-state index is 11.3. The van der Waals surface area contributed by atoms with Crippen molar-refractivity contribution in [3.05, 3.63) is 12.7 Å². The van der Waals surface area contributed by atoms with Crippen molar-refractivity contribution in [1.29, 1.82) is 0 Å². The number of hydrogen-bond donors (Lipinski definition) is 0. The third-order valence-electron chi connectivity index (χ3n) is 5.92. The molecule has 4 atom stereocenters. The number of esters is 1. The van der Waals surface area contributed by atoms with E-state index < -0.39 is 8.80 Å². The smallest absolute Gasteiger partial charge is 0.460 e. The summed E-state index contributed by atoms with van der Waals surface area (Å²) in [7, 11) is -2.80. The van der Waals surface area contributed by atoms with Crippen molar-refractivity contribution in [2.45, 2.75) is 143 Å². The highest BCUT2D eigenvalue weighted by Crippen LogP contribution is 2.33. The van der Waals surface area contributed by atoms with Crippen LogP contribution in [0.3, 0.4) is 0 Å². The Kier molecular flexibility index (Phi) is 15.6. The Morgan fingerprint density at radius 2 is 1.55 bits per heavy atom. The normalized spacial score (nSPS) is 18.5. The highest BCUT2D eigenvalue weighted by atomic mass is 28.4. The van der Waals surface area contributed by atoms with E-state index in [1.165, 1.54) is 6.08 Å². The van der Waals surface area contributed by atoms with Crippen molar-refractivity contribution in [2.75, 3.05) is 0 Å². The number of carbonyl (C=O) groups is 1. The zero-order valence-corrected chi connectivity index (χ0v) is 22.6. The fraction of sp³-hybridized carbons (Fsp3) is 0.880. The zero-order valence-electron chi connectivity index (χ0n) is 21.6. The molecule has 184 valence electrons. The second-order valence-corrected chi connectivity index (χ2v) is 11.6. The van der Waals surface area contributed by atoms with Gasteiger partial charge in [-0.3, -0.25) is 0 Å². The van der Waals surface area contributed by atoms with Gasteiger partial charge in [-0.1, -0.05) is 53.5 Å². The van der Waals surface area contributed by atoms with Crippen molar-refractivity contribution >= 4 is 14.8 Å². The lowest BCUT2D eigenvalue weighted by atomic mass is 9.95. The molecule has 0 amide bonds. The summed E-state index contributed by atoms with van der Waals surface area (Å²) >= 11 is 0. The Bertz CT molecular complexity index is 486. The first-order valence-corrected chi connectivity index (χ1v) is 14.4. The summed E-state index contributed by atoms with van der Waals surface area (Å²) in [6.45, 7) is 20.5. The minimum absolute atomic E-state index is 0.0724. The van der Waals surface area contributed by atoms with Crippen LogP contribution in [0.25, 0.3) is 0 Å². The third-order valence-corrected chi connectivity index (χ3v) is 9.36. The Balaban J connectivity index is 5.00. The first-order valence-electron chi connectivity index (χ1n) is 12.5. The molecule has 0 saturated heterocycles. The van der Waals surface area contributed by atoms with Crippen LogP contribution in [0.1, 0.15) is 113 Å². The molecular weight excluding hydrogens is 408 g/mol. The van der Waals surface area contributed by atoms with E-state index in [4.69, 9.17) is 18.0 Å². The molecule has 0 aromatic heterocycles. The summed E-state index contributed by atoms with van der Waals surface area (Å²) in [5.41, 5.74) is -0.261. The molecule has 0 aromatic rings. The van der Waals surface area contributed by atoms with Gasteiger partial charge in [0.05, 0.1) is 11.7 Å². The maximum Gasteiger partial charge on any atom is 0.501 e. The Morgan fingerprint density at radius 1 is 0.968 bits per heavy atom. The van der Waals surface area contributed by atoms with Gasteiger partial charge in [-0.2, -0.15) is 0 Å². The molecule has 0 rings (SSSR count). The standard InChI is InChI=1S/C25H50O5Si/c1-10-20-31(28-21(6)11-2,29-22(7)12-3)30-25(9,14-5)19-17-15-16-18-23(8)27-24(26)13-4/h13,21-23H,4,10-12,14-20H2,1-3,5-9H3. The summed E-state index contributed by atoms with van der Waals surface area (Å²) < 4.78 is 25.2. The van der Waals surface area contributed by atoms with Gasteiger partial charge in [0.1, 0.15) is 0 Å². The van der Waals surface area contributed by atoms with Crippen LogP contribution < -0.4 is 0 Å². The molecule has 0 aliphatic carbocycles. The summed E-state index contributed by atoms with van der Waals surface area (Å²) in [6, 6.07) is 0.851. The van der Waals surface area contributed by atoms with Gasteiger partial charge in [0.25, 0.3) is 0 Å². The first-order chi connectivity index (χ1) is 14.6. The van der Waals surface area contributed by atoms with Crippen LogP contribution in [-0.2, 0) is 22.8 Å². The van der Waals surface area contributed by atoms with Gasteiger partial charge >= 0.3 is 14.8 Å². The highest BCUT2D eigenvalue weighted by Gasteiger charge is 2.47. The largest absolute Gasteiger partial charge is 0.501 e. The topological polar surface area (TPSA) is 54.0 Å². The van der Waals surface area contributed by atoms with Crippen LogP contribution >= 0.6 is 0 Å². The summed E-state index contributed by atoms with van der Waals surface area (Å²) in [5.74, 6) is -0.348. The quantitative estimate of drug-likeness (QED) is 0.0885. The molecule has 0 saturated carbocycles. The van der Waals surface area contributed by atoms with Crippen molar-refractivity contribution in [3.63, 3.8) is 0 Å². The molecule has 6 heteroatoms. The number of ether oxygens (including phenoxy) is 1. The number of hydrogen-bond acceptors (Lipinski definition) is 5. The predicted molar refractivity (Wildman–Crippen MR) is 131 cm³/mol. The van der Waals surface area contributed by atoms with E-state index in [1.807, 2.05) is 6.92 Å². The molecule has 0 N–H and O–H groups in total. The average molecular weight is 459 g/mol. The minimum Gasteiger partial charge on any atom is -0.460 e. The summed E-state index contributed by atoms with van der Waals surface area (Å²) in [6.07, 6.45) is 10.2. The second kappa shape index (κ2) is 16.0. The van der Waals surface area contributed by atoms with Gasteiger partial charge in [-0.05, 0) is 66.2 Å². The zero-order chi connectivity index (χ0) is 23.9. The lowest BCUT2D eigenvalue weighted by Gasteiger charge is -2.41. The van der Waals surface area contributed by atoms with Crippen molar-refractivity contribution in [3.8, 4) is 0 Å². The summed E-state index contributed by atoms with van der Waals surface area (Å²) in [4.78, 5) is 11.3. The lowest BCUT2D eigenvalue weighted by molar-refractivity contribution is -0.142. The van der Waals surface area contributed by atoms with Crippen molar-refractivity contribution in [1.82, 2.24) is 0 Å². The Morgan fingerprint density at radius 3 is 2.00 bits per heavy atom. The molecular formula is C25H50O5Si. The number of unbranched alkanes of at least 4 members (excludes halogenated alkanes) is 2. The van der Waals surface area contributed by atoms with Crippen LogP contribution in [0.15, 0.2) is 12.7 Å². The SMILES string of the molecule is C=CC(=O)OC(C)CCCCCC(C)(CC)O[Si](CCC)(OC(C)CC)OC(C)CC. The number of carbonyl (C=O) groups excluding carboxylic acids is 1. The predicted octanol–water partition coefficient (Wildman–Crippen LogP) is 7.22. The van der Waals surface area contributed by atoms with E-state index >= 15 is 0 Å². The maximum absolute atomic E-state index is 11.3. The molecule has 0 aliphatic heterocycles. The van der Waals surface area contributed by atoms with Crippen molar-refractivity contribution < 1.29 is 22.8 Å². The third kappa shape index (κ3) is 12.8. The van der Waals surface area contributed by atoms with E-state index in [-0.39, 0.29) is 29.9 Å². The van der Waals surface area contributed by atoms with E-state index in [9.17, 15) is 4.79 Å². The van der Waals surface area contributed by atoms with Crippen molar-refractivity contribution in [2.24, 2.45) is 0 Å². The molecule has 5 nitrogen and oxygen atoms in total. The van der Waals surface area contributed by atoms with E-state index in [0.29, 0.717) is 0 Å². The van der Waals surface area contributed by atoms with Crippen LogP contribution in [0.5, 0.6) is 0 Å². The molecule has 0 heterocycles. The van der Waals surface area contributed by atoms with E-state index in [1.54, 1.807) is 0 Å². The Labute approximate surface area is 193 Å². The fourth-order valence-corrected chi connectivity index (χ4v) is 7.08. The van der Waals surface area contributed by atoms with Gasteiger partial charge in [0, 0.05) is 24.3 Å². The molecule has 0 aliphatic rings.